The summed E-state index contributed by atoms with van der Waals surface area (Å²) in [5.41, 5.74) is 0.555. The SMILES string of the molecule is N#Cc1ccsc1NC(=O)C1CC2CCC1N2. The van der Waals surface area contributed by atoms with Gasteiger partial charge in [0.2, 0.25) is 5.91 Å². The van der Waals surface area contributed by atoms with E-state index in [2.05, 4.69) is 16.7 Å². The highest BCUT2D eigenvalue weighted by atomic mass is 32.1. The molecule has 5 heteroatoms. The molecule has 0 radical (unpaired) electrons. The Labute approximate surface area is 104 Å². The van der Waals surface area contributed by atoms with E-state index >= 15 is 0 Å². The Morgan fingerprint density at radius 3 is 3.12 bits per heavy atom. The third-order valence-corrected chi connectivity index (χ3v) is 4.49. The number of nitrogens with one attached hydrogen (secondary N) is 2. The molecular formula is C12H13N3OS. The van der Waals surface area contributed by atoms with Gasteiger partial charge in [0, 0.05) is 12.1 Å². The van der Waals surface area contributed by atoms with Gasteiger partial charge in [0.1, 0.15) is 11.1 Å². The molecule has 1 aromatic rings. The Bertz CT molecular complexity index is 490. The van der Waals surface area contributed by atoms with Crippen LogP contribution in [-0.4, -0.2) is 18.0 Å². The Hall–Kier alpha value is -1.38. The zero-order valence-corrected chi connectivity index (χ0v) is 10.1. The summed E-state index contributed by atoms with van der Waals surface area (Å²) < 4.78 is 0. The first-order valence-corrected chi connectivity index (χ1v) is 6.70. The van der Waals surface area contributed by atoms with Gasteiger partial charge in [-0.05, 0) is 30.7 Å². The number of nitrogens with zero attached hydrogens (tertiary/aromatic N) is 1. The molecule has 17 heavy (non-hydrogen) atoms. The van der Waals surface area contributed by atoms with Gasteiger partial charge < -0.3 is 10.6 Å². The van der Waals surface area contributed by atoms with E-state index in [1.807, 2.05) is 5.38 Å². The molecule has 0 spiro atoms. The van der Waals surface area contributed by atoms with Gasteiger partial charge in [-0.3, -0.25) is 4.79 Å². The van der Waals surface area contributed by atoms with Crippen molar-refractivity contribution in [3.63, 3.8) is 0 Å². The van der Waals surface area contributed by atoms with Gasteiger partial charge in [-0.15, -0.1) is 11.3 Å². The summed E-state index contributed by atoms with van der Waals surface area (Å²) in [7, 11) is 0. The van der Waals surface area contributed by atoms with Gasteiger partial charge in [-0.1, -0.05) is 0 Å². The second kappa shape index (κ2) is 4.13. The van der Waals surface area contributed by atoms with Gasteiger partial charge in [0.05, 0.1) is 11.5 Å². The van der Waals surface area contributed by atoms with Crippen LogP contribution in [0.2, 0.25) is 0 Å². The van der Waals surface area contributed by atoms with Crippen LogP contribution < -0.4 is 10.6 Å². The summed E-state index contributed by atoms with van der Waals surface area (Å²) in [6.45, 7) is 0. The highest BCUT2D eigenvalue weighted by molar-refractivity contribution is 7.14. The molecule has 3 heterocycles. The maximum Gasteiger partial charge on any atom is 0.229 e. The molecule has 1 aromatic heterocycles. The van der Waals surface area contributed by atoms with Crippen molar-refractivity contribution in [2.24, 2.45) is 5.92 Å². The molecule has 2 fully saturated rings. The van der Waals surface area contributed by atoms with Crippen molar-refractivity contribution in [2.45, 2.75) is 31.3 Å². The number of amides is 1. The third kappa shape index (κ3) is 1.84. The third-order valence-electron chi connectivity index (χ3n) is 3.66. The summed E-state index contributed by atoms with van der Waals surface area (Å²) in [6, 6.07) is 4.68. The number of nitriles is 1. The van der Waals surface area contributed by atoms with E-state index in [1.165, 1.54) is 17.8 Å². The van der Waals surface area contributed by atoms with E-state index in [1.54, 1.807) is 6.07 Å². The maximum atomic E-state index is 12.1. The Kier molecular flexibility index (Phi) is 2.61. The minimum absolute atomic E-state index is 0.0589. The molecule has 3 rings (SSSR count). The highest BCUT2D eigenvalue weighted by Crippen LogP contribution is 2.34. The predicted molar refractivity (Wildman–Crippen MR) is 65.7 cm³/mol. The number of carbonyl (C=O) groups excluding carboxylic acids is 1. The molecule has 0 aliphatic carbocycles. The average molecular weight is 247 g/mol. The zero-order valence-electron chi connectivity index (χ0n) is 9.27. The lowest BCUT2D eigenvalue weighted by atomic mass is 9.88. The smallest absolute Gasteiger partial charge is 0.229 e. The van der Waals surface area contributed by atoms with Crippen LogP contribution in [0.25, 0.3) is 0 Å². The molecule has 3 unspecified atom stereocenters. The number of hydrogen-bond acceptors (Lipinski definition) is 4. The molecule has 2 aliphatic heterocycles. The van der Waals surface area contributed by atoms with E-state index in [9.17, 15) is 4.79 Å². The molecule has 2 bridgehead atoms. The standard InChI is InChI=1S/C12H13N3OS/c13-6-7-3-4-17-12(7)15-11(16)9-5-8-1-2-10(9)14-8/h3-4,8-10,14H,1-2,5H2,(H,15,16). The van der Waals surface area contributed by atoms with Crippen LogP contribution in [0.3, 0.4) is 0 Å². The number of hydrogen-bond donors (Lipinski definition) is 2. The first-order valence-electron chi connectivity index (χ1n) is 5.82. The van der Waals surface area contributed by atoms with Gasteiger partial charge >= 0.3 is 0 Å². The maximum absolute atomic E-state index is 12.1. The van der Waals surface area contributed by atoms with Crippen LogP contribution >= 0.6 is 11.3 Å². The molecule has 0 aromatic carbocycles. The summed E-state index contributed by atoms with van der Waals surface area (Å²) >= 11 is 1.41. The van der Waals surface area contributed by atoms with E-state index < -0.39 is 0 Å². The van der Waals surface area contributed by atoms with Crippen LogP contribution in [0.4, 0.5) is 5.00 Å². The fraction of sp³-hybridized carbons (Fsp3) is 0.500. The summed E-state index contributed by atoms with van der Waals surface area (Å²) in [5, 5.41) is 17.7. The van der Waals surface area contributed by atoms with Crippen molar-refractivity contribution in [1.82, 2.24) is 5.32 Å². The number of fused-ring (bicyclic) bond motifs is 2. The molecule has 2 N–H and O–H groups in total. The second-order valence-electron chi connectivity index (χ2n) is 4.65. The van der Waals surface area contributed by atoms with Crippen LogP contribution in [0, 0.1) is 17.2 Å². The average Bonchev–Trinajstić information content (AvgIpc) is 3.03. The van der Waals surface area contributed by atoms with E-state index in [0.29, 0.717) is 22.6 Å². The number of anilines is 1. The van der Waals surface area contributed by atoms with Gasteiger partial charge in [0.15, 0.2) is 0 Å². The monoisotopic (exact) mass is 247 g/mol. The Morgan fingerprint density at radius 1 is 1.59 bits per heavy atom. The molecule has 3 atom stereocenters. The molecule has 2 saturated heterocycles. The van der Waals surface area contributed by atoms with Crippen molar-refractivity contribution in [2.75, 3.05) is 5.32 Å². The lowest BCUT2D eigenvalue weighted by Gasteiger charge is -2.18. The predicted octanol–water partition coefficient (Wildman–Crippen LogP) is 1.70. The first kappa shape index (κ1) is 10.8. The van der Waals surface area contributed by atoms with Gasteiger partial charge in [0.25, 0.3) is 0 Å². The molecule has 0 saturated carbocycles. The normalized spacial score (nSPS) is 30.2. The first-order chi connectivity index (χ1) is 8.28. The number of thiophene rings is 1. The topological polar surface area (TPSA) is 64.9 Å². The summed E-state index contributed by atoms with van der Waals surface area (Å²) in [4.78, 5) is 12.1. The number of rotatable bonds is 2. The van der Waals surface area contributed by atoms with Crippen LogP contribution in [0.15, 0.2) is 11.4 Å². The Morgan fingerprint density at radius 2 is 2.47 bits per heavy atom. The Balaban J connectivity index is 1.70. The van der Waals surface area contributed by atoms with Gasteiger partial charge in [-0.2, -0.15) is 5.26 Å². The quantitative estimate of drug-likeness (QED) is 0.836. The molecule has 1 amide bonds. The number of carbonyl (C=O) groups is 1. The van der Waals surface area contributed by atoms with Gasteiger partial charge in [-0.25, -0.2) is 0 Å². The summed E-state index contributed by atoms with van der Waals surface area (Å²) in [5.74, 6) is 0.131. The molecular weight excluding hydrogens is 234 g/mol. The van der Waals surface area contributed by atoms with Crippen molar-refractivity contribution in [1.29, 1.82) is 5.26 Å². The molecule has 2 aliphatic rings. The molecule has 88 valence electrons. The second-order valence-corrected chi connectivity index (χ2v) is 5.57. The fourth-order valence-electron chi connectivity index (χ4n) is 2.81. The van der Waals surface area contributed by atoms with Crippen LogP contribution in [-0.2, 0) is 4.79 Å². The van der Waals surface area contributed by atoms with E-state index in [4.69, 9.17) is 5.26 Å². The van der Waals surface area contributed by atoms with E-state index in [0.717, 1.165) is 12.8 Å². The minimum Gasteiger partial charge on any atom is -0.316 e. The lowest BCUT2D eigenvalue weighted by molar-refractivity contribution is -0.120. The van der Waals surface area contributed by atoms with Crippen molar-refractivity contribution in [3.8, 4) is 6.07 Å². The zero-order chi connectivity index (χ0) is 11.8. The van der Waals surface area contributed by atoms with Crippen LogP contribution in [0.1, 0.15) is 24.8 Å². The van der Waals surface area contributed by atoms with E-state index in [-0.39, 0.29) is 11.8 Å². The molecule has 4 nitrogen and oxygen atoms in total. The van der Waals surface area contributed by atoms with Crippen molar-refractivity contribution < 1.29 is 4.79 Å². The largest absolute Gasteiger partial charge is 0.316 e. The van der Waals surface area contributed by atoms with Crippen LogP contribution in [0.5, 0.6) is 0 Å². The fourth-order valence-corrected chi connectivity index (χ4v) is 3.55. The minimum atomic E-state index is 0.0589. The van der Waals surface area contributed by atoms with Crippen molar-refractivity contribution in [3.05, 3.63) is 17.0 Å². The lowest BCUT2D eigenvalue weighted by Crippen LogP contribution is -2.32. The highest BCUT2D eigenvalue weighted by Gasteiger charge is 2.42. The van der Waals surface area contributed by atoms with Crippen molar-refractivity contribution >= 4 is 22.2 Å². The summed E-state index contributed by atoms with van der Waals surface area (Å²) in [6.07, 6.45) is 3.22.